The van der Waals surface area contributed by atoms with E-state index in [1.54, 1.807) is 0 Å². The van der Waals surface area contributed by atoms with Crippen LogP contribution in [-0.2, 0) is 4.74 Å². The SMILES string of the molecule is CCCOC1CCCN(C(C)c2ccc(C)cc2O)C1. The average molecular weight is 277 g/mol. The zero-order valence-corrected chi connectivity index (χ0v) is 12.9. The van der Waals surface area contributed by atoms with Crippen molar-refractivity contribution in [3.8, 4) is 5.75 Å². The molecule has 1 aliphatic heterocycles. The van der Waals surface area contributed by atoms with Gasteiger partial charge in [-0.25, -0.2) is 0 Å². The lowest BCUT2D eigenvalue weighted by Gasteiger charge is -2.37. The fourth-order valence-corrected chi connectivity index (χ4v) is 2.94. The largest absolute Gasteiger partial charge is 0.508 e. The number of hydrogen-bond donors (Lipinski definition) is 1. The van der Waals surface area contributed by atoms with Gasteiger partial charge in [0.15, 0.2) is 0 Å². The summed E-state index contributed by atoms with van der Waals surface area (Å²) in [5.41, 5.74) is 2.12. The van der Waals surface area contributed by atoms with Crippen LogP contribution in [0.2, 0.25) is 0 Å². The van der Waals surface area contributed by atoms with Gasteiger partial charge in [-0.15, -0.1) is 0 Å². The molecule has 3 nitrogen and oxygen atoms in total. The molecule has 2 unspecified atom stereocenters. The van der Waals surface area contributed by atoms with Crippen molar-refractivity contribution in [2.45, 2.75) is 52.2 Å². The molecule has 1 aromatic carbocycles. The van der Waals surface area contributed by atoms with E-state index in [1.165, 1.54) is 6.42 Å². The highest BCUT2D eigenvalue weighted by Gasteiger charge is 2.25. The smallest absolute Gasteiger partial charge is 0.120 e. The molecular weight excluding hydrogens is 250 g/mol. The second kappa shape index (κ2) is 7.09. The van der Waals surface area contributed by atoms with Gasteiger partial charge in [0, 0.05) is 24.8 Å². The number of likely N-dealkylation sites (tertiary alicyclic amines) is 1. The Kier molecular flexibility index (Phi) is 5.44. The molecule has 0 aromatic heterocycles. The Labute approximate surface area is 122 Å². The third-order valence-corrected chi connectivity index (χ3v) is 4.15. The third kappa shape index (κ3) is 3.74. The summed E-state index contributed by atoms with van der Waals surface area (Å²) in [5.74, 6) is 0.411. The first kappa shape index (κ1) is 15.3. The van der Waals surface area contributed by atoms with Crippen molar-refractivity contribution in [1.82, 2.24) is 4.90 Å². The Morgan fingerprint density at radius 3 is 2.95 bits per heavy atom. The van der Waals surface area contributed by atoms with Crippen LogP contribution in [0, 0.1) is 6.92 Å². The summed E-state index contributed by atoms with van der Waals surface area (Å²) in [5, 5.41) is 10.1. The lowest BCUT2D eigenvalue weighted by atomic mass is 10.00. The van der Waals surface area contributed by atoms with Gasteiger partial charge in [-0.3, -0.25) is 4.90 Å². The zero-order chi connectivity index (χ0) is 14.5. The van der Waals surface area contributed by atoms with Gasteiger partial charge in [-0.1, -0.05) is 19.1 Å². The fourth-order valence-electron chi connectivity index (χ4n) is 2.94. The second-order valence-electron chi connectivity index (χ2n) is 5.87. The summed E-state index contributed by atoms with van der Waals surface area (Å²) in [7, 11) is 0. The topological polar surface area (TPSA) is 32.7 Å². The molecule has 2 atom stereocenters. The van der Waals surface area contributed by atoms with Gasteiger partial charge in [0.2, 0.25) is 0 Å². The van der Waals surface area contributed by atoms with Gasteiger partial charge >= 0.3 is 0 Å². The summed E-state index contributed by atoms with van der Waals surface area (Å²) in [6, 6.07) is 6.21. The number of rotatable bonds is 5. The molecule has 1 fully saturated rings. The lowest BCUT2D eigenvalue weighted by molar-refractivity contribution is -0.0109. The van der Waals surface area contributed by atoms with Crippen LogP contribution in [0.25, 0.3) is 0 Å². The highest BCUT2D eigenvalue weighted by Crippen LogP contribution is 2.31. The minimum Gasteiger partial charge on any atom is -0.508 e. The predicted octanol–water partition coefficient (Wildman–Crippen LogP) is 3.65. The maximum absolute atomic E-state index is 10.1. The Morgan fingerprint density at radius 2 is 2.25 bits per heavy atom. The Balaban J connectivity index is 2.02. The third-order valence-electron chi connectivity index (χ3n) is 4.15. The Morgan fingerprint density at radius 1 is 1.45 bits per heavy atom. The van der Waals surface area contributed by atoms with Gasteiger partial charge < -0.3 is 9.84 Å². The molecule has 1 N–H and O–H groups in total. The first-order valence-corrected chi connectivity index (χ1v) is 7.77. The van der Waals surface area contributed by atoms with Gasteiger partial charge in [0.1, 0.15) is 5.75 Å². The first-order chi connectivity index (χ1) is 9.61. The molecule has 0 saturated carbocycles. The number of nitrogens with zero attached hydrogens (tertiary/aromatic N) is 1. The molecule has 112 valence electrons. The fraction of sp³-hybridized carbons (Fsp3) is 0.647. The number of hydrogen-bond acceptors (Lipinski definition) is 3. The standard InChI is InChI=1S/C17H27NO2/c1-4-10-20-15-6-5-9-18(12-15)14(3)16-8-7-13(2)11-17(16)19/h7-8,11,14-15,19H,4-6,9-10,12H2,1-3H3. The van der Waals surface area contributed by atoms with Crippen molar-refractivity contribution < 1.29 is 9.84 Å². The number of phenols is 1. The predicted molar refractivity (Wildman–Crippen MR) is 82.1 cm³/mol. The van der Waals surface area contributed by atoms with E-state index in [0.29, 0.717) is 11.9 Å². The minimum atomic E-state index is 0.239. The van der Waals surface area contributed by atoms with E-state index in [-0.39, 0.29) is 6.04 Å². The summed E-state index contributed by atoms with van der Waals surface area (Å²) in [6.07, 6.45) is 3.75. The summed E-state index contributed by atoms with van der Waals surface area (Å²) >= 11 is 0. The van der Waals surface area contributed by atoms with E-state index in [1.807, 2.05) is 19.1 Å². The molecule has 1 aromatic rings. The van der Waals surface area contributed by atoms with Crippen molar-refractivity contribution in [1.29, 1.82) is 0 Å². The van der Waals surface area contributed by atoms with Crippen LogP contribution in [-0.4, -0.2) is 35.8 Å². The highest BCUT2D eigenvalue weighted by molar-refractivity contribution is 5.37. The summed E-state index contributed by atoms with van der Waals surface area (Å²) < 4.78 is 5.89. The number of piperidine rings is 1. The molecule has 0 bridgehead atoms. The molecule has 0 radical (unpaired) electrons. The van der Waals surface area contributed by atoms with Crippen molar-refractivity contribution >= 4 is 0 Å². The molecule has 0 aliphatic carbocycles. The molecule has 0 spiro atoms. The van der Waals surface area contributed by atoms with Crippen LogP contribution < -0.4 is 0 Å². The van der Waals surface area contributed by atoms with Crippen molar-refractivity contribution in [2.24, 2.45) is 0 Å². The summed E-state index contributed by atoms with van der Waals surface area (Å²) in [6.45, 7) is 9.22. The van der Waals surface area contributed by atoms with Crippen LogP contribution in [0.15, 0.2) is 18.2 Å². The number of benzene rings is 1. The molecule has 0 amide bonds. The van der Waals surface area contributed by atoms with Gasteiger partial charge in [-0.2, -0.15) is 0 Å². The lowest BCUT2D eigenvalue weighted by Crippen LogP contribution is -2.41. The van der Waals surface area contributed by atoms with Crippen LogP contribution in [0.3, 0.4) is 0 Å². The number of phenolic OH excluding ortho intramolecular Hbond substituents is 1. The van der Waals surface area contributed by atoms with Crippen LogP contribution in [0.4, 0.5) is 0 Å². The van der Waals surface area contributed by atoms with E-state index >= 15 is 0 Å². The first-order valence-electron chi connectivity index (χ1n) is 7.77. The number of ether oxygens (including phenoxy) is 1. The van der Waals surface area contributed by atoms with E-state index in [9.17, 15) is 5.11 Å². The normalized spacial score (nSPS) is 21.9. The van der Waals surface area contributed by atoms with Crippen molar-refractivity contribution in [3.05, 3.63) is 29.3 Å². The van der Waals surface area contributed by atoms with Gasteiger partial charge in [-0.05, 0) is 51.3 Å². The van der Waals surface area contributed by atoms with Crippen LogP contribution in [0.5, 0.6) is 5.75 Å². The van der Waals surface area contributed by atoms with Crippen LogP contribution in [0.1, 0.15) is 50.3 Å². The van der Waals surface area contributed by atoms with E-state index in [0.717, 1.165) is 43.7 Å². The van der Waals surface area contributed by atoms with Crippen molar-refractivity contribution in [2.75, 3.05) is 19.7 Å². The Bertz CT molecular complexity index is 433. The molecular formula is C17H27NO2. The monoisotopic (exact) mass is 277 g/mol. The molecule has 20 heavy (non-hydrogen) atoms. The highest BCUT2D eigenvalue weighted by atomic mass is 16.5. The summed E-state index contributed by atoms with van der Waals surface area (Å²) in [4.78, 5) is 2.42. The quantitative estimate of drug-likeness (QED) is 0.891. The van der Waals surface area contributed by atoms with E-state index < -0.39 is 0 Å². The minimum absolute atomic E-state index is 0.239. The molecule has 1 heterocycles. The van der Waals surface area contributed by atoms with Gasteiger partial charge in [0.25, 0.3) is 0 Å². The second-order valence-corrected chi connectivity index (χ2v) is 5.87. The zero-order valence-electron chi connectivity index (χ0n) is 12.9. The molecule has 3 heteroatoms. The maximum Gasteiger partial charge on any atom is 0.120 e. The van der Waals surface area contributed by atoms with Crippen molar-refractivity contribution in [3.63, 3.8) is 0 Å². The average Bonchev–Trinajstić information content (AvgIpc) is 2.45. The number of aromatic hydroxyl groups is 1. The Hall–Kier alpha value is -1.06. The van der Waals surface area contributed by atoms with Crippen LogP contribution >= 0.6 is 0 Å². The molecule has 1 aliphatic rings. The molecule has 2 rings (SSSR count). The number of aryl methyl sites for hydroxylation is 1. The maximum atomic E-state index is 10.1. The van der Waals surface area contributed by atoms with E-state index in [2.05, 4.69) is 24.8 Å². The molecule has 1 saturated heterocycles. The van der Waals surface area contributed by atoms with E-state index in [4.69, 9.17) is 4.74 Å². The van der Waals surface area contributed by atoms with Gasteiger partial charge in [0.05, 0.1) is 6.10 Å².